The van der Waals surface area contributed by atoms with Crippen molar-refractivity contribution in [1.29, 1.82) is 0 Å². The molecule has 13 heteroatoms. The smallest absolute Gasteiger partial charge is 0.407 e. The van der Waals surface area contributed by atoms with E-state index in [1.165, 1.54) is 16.6 Å². The first kappa shape index (κ1) is 35.7. The van der Waals surface area contributed by atoms with Gasteiger partial charge < -0.3 is 33.6 Å². The second kappa shape index (κ2) is 16.2. The van der Waals surface area contributed by atoms with Crippen LogP contribution in [0, 0.1) is 11.8 Å². The maximum atomic E-state index is 14.2. The molecule has 2 saturated heterocycles. The summed E-state index contributed by atoms with van der Waals surface area (Å²) in [7, 11) is -4.10. The molecule has 47 heavy (non-hydrogen) atoms. The highest BCUT2D eigenvalue weighted by molar-refractivity contribution is 7.90. The van der Waals surface area contributed by atoms with Crippen molar-refractivity contribution < 1.29 is 41.5 Å². The number of carbonyl (C=O) groups excluding carboxylic acids is 1. The van der Waals surface area contributed by atoms with Crippen LogP contribution in [0.1, 0.15) is 51.2 Å². The Kier molecular flexibility index (Phi) is 12.3. The van der Waals surface area contributed by atoms with E-state index in [2.05, 4.69) is 5.32 Å². The molecule has 2 aliphatic rings. The van der Waals surface area contributed by atoms with Gasteiger partial charge in [-0.2, -0.15) is 4.31 Å². The van der Waals surface area contributed by atoms with Gasteiger partial charge in [0.25, 0.3) is 0 Å². The Bertz CT molecular complexity index is 1570. The Hall–Kier alpha value is -2.65. The average Bonchev–Trinajstić information content (AvgIpc) is 3.77. The Labute approximate surface area is 280 Å². The maximum absolute atomic E-state index is 14.2. The van der Waals surface area contributed by atoms with Gasteiger partial charge in [-0.25, -0.2) is 13.2 Å². The molecular weight excluding hydrogens is 645 g/mol. The van der Waals surface area contributed by atoms with Gasteiger partial charge in [0.2, 0.25) is 10.0 Å². The third-order valence-corrected chi connectivity index (χ3v) is 11.8. The Balaban J connectivity index is 1.35. The molecule has 2 fully saturated rings. The minimum atomic E-state index is -4.10. The molecule has 0 spiro atoms. The zero-order valence-corrected chi connectivity index (χ0v) is 28.8. The van der Waals surface area contributed by atoms with E-state index in [1.807, 2.05) is 51.1 Å². The normalized spacial score (nSPS) is 21.6. The van der Waals surface area contributed by atoms with Gasteiger partial charge in [0.05, 0.1) is 42.4 Å². The van der Waals surface area contributed by atoms with E-state index in [9.17, 15) is 22.9 Å². The molecule has 1 aromatic heterocycles. The van der Waals surface area contributed by atoms with Gasteiger partial charge in [-0.15, -0.1) is 0 Å². The molecular formula is C34H46N2O9S2. The van der Waals surface area contributed by atoms with Crippen molar-refractivity contribution in [2.45, 2.75) is 81.6 Å². The zero-order chi connectivity index (χ0) is 33.6. The molecule has 0 aliphatic carbocycles. The van der Waals surface area contributed by atoms with Gasteiger partial charge in [-0.05, 0) is 60.1 Å². The fourth-order valence-corrected chi connectivity index (χ4v) is 9.04. The molecule has 3 unspecified atom stereocenters. The second-order valence-corrected chi connectivity index (χ2v) is 16.3. The van der Waals surface area contributed by atoms with Crippen molar-refractivity contribution in [3.05, 3.63) is 65.9 Å². The monoisotopic (exact) mass is 690 g/mol. The average molecular weight is 691 g/mol. The first-order chi connectivity index (χ1) is 22.5. The number of unbranched alkanes of at least 4 members (excludes halogenated alkanes) is 1. The molecule has 3 aromatic rings. The number of alkyl carbamates (subject to hydrolysis) is 1. The lowest BCUT2D eigenvalue weighted by Gasteiger charge is -2.31. The second-order valence-electron chi connectivity index (χ2n) is 12.8. The number of ether oxygens (including phenoxy) is 3. The van der Waals surface area contributed by atoms with E-state index in [0.29, 0.717) is 28.9 Å². The van der Waals surface area contributed by atoms with Crippen LogP contribution in [0.2, 0.25) is 0 Å². The van der Waals surface area contributed by atoms with Gasteiger partial charge in [-0.1, -0.05) is 57.5 Å². The Morgan fingerprint density at radius 2 is 1.96 bits per heavy atom. The lowest BCUT2D eigenvalue weighted by atomic mass is 10.0. The first-order valence-electron chi connectivity index (χ1n) is 16.3. The zero-order valence-electron chi connectivity index (χ0n) is 27.2. The van der Waals surface area contributed by atoms with Crippen molar-refractivity contribution in [2.75, 3.05) is 32.1 Å². The van der Waals surface area contributed by atoms with Crippen LogP contribution in [0.25, 0.3) is 11.0 Å². The number of benzene rings is 2. The highest BCUT2D eigenvalue weighted by Gasteiger charge is 2.44. The van der Waals surface area contributed by atoms with Crippen LogP contribution >= 0.6 is 0 Å². The number of fused-ring (bicyclic) bond motifs is 2. The summed E-state index contributed by atoms with van der Waals surface area (Å²) < 4.78 is 64.7. The van der Waals surface area contributed by atoms with E-state index in [4.69, 9.17) is 18.6 Å². The lowest BCUT2D eigenvalue weighted by molar-refractivity contribution is -0.0907. The Morgan fingerprint density at radius 3 is 2.70 bits per heavy atom. The standard InChI is InChI=1S/C34H46N2O9S2/c1-4-5-15-46(39)22-25-20-43-31-12-11-26(17-28(25)31)47(40,41)36(18-23(2)3)19-30(37)29(16-24-9-7-6-8-10-24)35-34(38)45-32-21-44-33-27(32)13-14-42-33/h6-12,17,20,23,27,29-30,32-33,37H,4-5,13-16,18-19,21-22H2,1-3H3,(H,35,38)/t27?,29-,30+,32+,33?,46?/m0/s1. The van der Waals surface area contributed by atoms with Crippen molar-refractivity contribution in [2.24, 2.45) is 11.8 Å². The number of hydrogen-bond acceptors (Lipinski definition) is 9. The molecule has 2 N–H and O–H groups in total. The van der Waals surface area contributed by atoms with Crippen LogP contribution in [-0.4, -0.2) is 85.1 Å². The predicted octanol–water partition coefficient (Wildman–Crippen LogP) is 4.59. The van der Waals surface area contributed by atoms with Gasteiger partial charge in [-0.3, -0.25) is 0 Å². The summed E-state index contributed by atoms with van der Waals surface area (Å²) >= 11 is -1.10. The molecule has 2 aliphatic heterocycles. The van der Waals surface area contributed by atoms with E-state index in [0.717, 1.165) is 24.8 Å². The van der Waals surface area contributed by atoms with E-state index < -0.39 is 45.5 Å². The number of nitrogens with one attached hydrogen (secondary N) is 1. The van der Waals surface area contributed by atoms with Crippen LogP contribution in [0.4, 0.5) is 4.79 Å². The van der Waals surface area contributed by atoms with Gasteiger partial charge in [0.1, 0.15) is 23.2 Å². The summed E-state index contributed by atoms with van der Waals surface area (Å²) in [4.78, 5) is 13.2. The molecule has 0 saturated carbocycles. The number of amides is 1. The third-order valence-electron chi connectivity index (χ3n) is 8.57. The van der Waals surface area contributed by atoms with E-state index in [-0.39, 0.29) is 54.9 Å². The number of aliphatic hydroxyl groups is 1. The molecule has 5 rings (SSSR count). The summed E-state index contributed by atoms with van der Waals surface area (Å²) in [5.41, 5.74) is 2.06. The number of sulfonamides is 1. The predicted molar refractivity (Wildman–Crippen MR) is 179 cm³/mol. The van der Waals surface area contributed by atoms with Crippen LogP contribution < -0.4 is 5.32 Å². The van der Waals surface area contributed by atoms with Crippen LogP contribution in [0.15, 0.2) is 64.1 Å². The number of carbonyl (C=O) groups is 1. The van der Waals surface area contributed by atoms with E-state index in [1.54, 1.807) is 12.1 Å². The quantitative estimate of drug-likeness (QED) is 0.206. The maximum Gasteiger partial charge on any atom is 0.407 e. The van der Waals surface area contributed by atoms with Crippen molar-refractivity contribution >= 4 is 38.3 Å². The summed E-state index contributed by atoms with van der Waals surface area (Å²) in [6.07, 6.45) is 1.47. The first-order valence-corrected chi connectivity index (χ1v) is 19.3. The largest absolute Gasteiger partial charge is 0.616 e. The van der Waals surface area contributed by atoms with E-state index >= 15 is 0 Å². The topological polar surface area (TPSA) is 151 Å². The van der Waals surface area contributed by atoms with Crippen molar-refractivity contribution in [3.63, 3.8) is 0 Å². The summed E-state index contributed by atoms with van der Waals surface area (Å²) in [5, 5.41) is 15.0. The number of nitrogens with zero attached hydrogens (tertiary/aromatic N) is 1. The molecule has 2 aromatic carbocycles. The molecule has 11 nitrogen and oxygen atoms in total. The van der Waals surface area contributed by atoms with Crippen LogP contribution in [0.3, 0.4) is 0 Å². The summed E-state index contributed by atoms with van der Waals surface area (Å²) in [6.45, 7) is 6.49. The number of furan rings is 1. The molecule has 258 valence electrons. The highest BCUT2D eigenvalue weighted by Crippen LogP contribution is 2.33. The van der Waals surface area contributed by atoms with Gasteiger partial charge in [0.15, 0.2) is 6.29 Å². The van der Waals surface area contributed by atoms with Crippen molar-refractivity contribution in [1.82, 2.24) is 9.62 Å². The fraction of sp³-hybridized carbons (Fsp3) is 0.559. The number of aliphatic hydroxyl groups excluding tert-OH is 1. The number of rotatable bonds is 16. The number of hydrogen-bond donors (Lipinski definition) is 2. The SMILES string of the molecule is CCCC[S+]([O-])Cc1coc2ccc(S(=O)(=O)N(CC(C)C)C[C@@H](O)[C@H](Cc3ccccc3)NC(=O)O[C@@H]3COC4OCCC43)cc12. The lowest BCUT2D eigenvalue weighted by Crippen LogP contribution is -2.51. The molecule has 3 heterocycles. The fourth-order valence-electron chi connectivity index (χ4n) is 6.07. The van der Waals surface area contributed by atoms with Gasteiger partial charge in [0, 0.05) is 24.0 Å². The van der Waals surface area contributed by atoms with Crippen molar-refractivity contribution in [3.8, 4) is 0 Å². The molecule has 0 radical (unpaired) electrons. The molecule has 0 bridgehead atoms. The Morgan fingerprint density at radius 1 is 1.17 bits per heavy atom. The minimum absolute atomic E-state index is 0.0430. The molecule has 6 atom stereocenters. The van der Waals surface area contributed by atoms with Crippen LogP contribution in [0.5, 0.6) is 0 Å². The van der Waals surface area contributed by atoms with Gasteiger partial charge >= 0.3 is 6.09 Å². The summed E-state index contributed by atoms with van der Waals surface area (Å²) in [5.74, 6) is 0.738. The highest BCUT2D eigenvalue weighted by atomic mass is 32.2. The van der Waals surface area contributed by atoms with Crippen LogP contribution in [-0.2, 0) is 47.6 Å². The third kappa shape index (κ3) is 9.08. The minimum Gasteiger partial charge on any atom is -0.616 e. The molecule has 1 amide bonds. The summed E-state index contributed by atoms with van der Waals surface area (Å²) in [6, 6.07) is 13.2.